The first-order valence-electron chi connectivity index (χ1n) is 11.1. The van der Waals surface area contributed by atoms with Gasteiger partial charge in [-0.05, 0) is 47.7 Å². The van der Waals surface area contributed by atoms with Crippen LogP contribution in [0.2, 0.25) is 0 Å². The third-order valence-corrected chi connectivity index (χ3v) is 6.35. The first kappa shape index (κ1) is 26.3. The molecule has 1 atom stereocenters. The lowest BCUT2D eigenvalue weighted by molar-refractivity contribution is -0.00283. The minimum atomic E-state index is -1.54. The van der Waals surface area contributed by atoms with Gasteiger partial charge < -0.3 is 23.3 Å². The van der Waals surface area contributed by atoms with Crippen LogP contribution in [0.25, 0.3) is 0 Å². The van der Waals surface area contributed by atoms with E-state index in [1.807, 2.05) is 84.9 Å². The molecular formula is C27H29N2O5P. The van der Waals surface area contributed by atoms with E-state index < -0.39 is 14.1 Å². The van der Waals surface area contributed by atoms with E-state index in [1.54, 1.807) is 14.2 Å². The first-order chi connectivity index (χ1) is 17.2. The van der Waals surface area contributed by atoms with Gasteiger partial charge in [-0.2, -0.15) is 5.26 Å². The van der Waals surface area contributed by atoms with Crippen molar-refractivity contribution < 1.29 is 23.3 Å². The minimum absolute atomic E-state index is 0.234. The van der Waals surface area contributed by atoms with Crippen LogP contribution in [-0.2, 0) is 19.4 Å². The average molecular weight is 493 g/mol. The molecule has 0 saturated heterocycles. The van der Waals surface area contributed by atoms with Gasteiger partial charge in [0.2, 0.25) is 0 Å². The smallest absolute Gasteiger partial charge is 0.309 e. The fourth-order valence-electron chi connectivity index (χ4n) is 3.67. The zero-order chi connectivity index (χ0) is 24.9. The molecule has 3 aromatic carbocycles. The summed E-state index contributed by atoms with van der Waals surface area (Å²) in [7, 11) is 1.74. The molecule has 0 bridgehead atoms. The number of methoxy groups -OCH3 is 2. The third-order valence-electron chi connectivity index (χ3n) is 5.31. The Morgan fingerprint density at radius 1 is 0.771 bits per heavy atom. The summed E-state index contributed by atoms with van der Waals surface area (Å²) < 4.78 is 32.6. The largest absolute Gasteiger partial charge is 0.497 e. The van der Waals surface area contributed by atoms with Crippen LogP contribution in [0.5, 0.6) is 11.5 Å². The summed E-state index contributed by atoms with van der Waals surface area (Å²) in [6.07, 6.45) is 0.264. The zero-order valence-corrected chi connectivity index (χ0v) is 20.8. The predicted octanol–water partition coefficient (Wildman–Crippen LogP) is 5.89. The Kier molecular flexibility index (Phi) is 10.2. The maximum Gasteiger partial charge on any atom is 0.309 e. The van der Waals surface area contributed by atoms with E-state index in [0.717, 1.165) is 28.2 Å². The summed E-state index contributed by atoms with van der Waals surface area (Å²) in [5, 5.41) is 8.70. The fraction of sp³-hybridized carbons (Fsp3) is 0.259. The second-order valence-electron chi connectivity index (χ2n) is 7.31. The Bertz CT molecular complexity index is 1040. The topological polar surface area (TPSA) is 82.3 Å². The van der Waals surface area contributed by atoms with Gasteiger partial charge in [0.05, 0.1) is 46.5 Å². The van der Waals surface area contributed by atoms with Crippen molar-refractivity contribution in [2.24, 2.45) is 4.76 Å². The molecule has 3 rings (SSSR count). The molecule has 7 nitrogen and oxygen atoms in total. The maximum absolute atomic E-state index is 8.70. The van der Waals surface area contributed by atoms with Gasteiger partial charge in [-0.15, -0.1) is 0 Å². The van der Waals surface area contributed by atoms with Crippen molar-refractivity contribution in [1.29, 1.82) is 5.26 Å². The summed E-state index contributed by atoms with van der Waals surface area (Å²) in [6, 6.07) is 27.7. The van der Waals surface area contributed by atoms with Crippen molar-refractivity contribution in [2.45, 2.75) is 12.0 Å². The highest BCUT2D eigenvalue weighted by Gasteiger charge is 2.37. The van der Waals surface area contributed by atoms with Gasteiger partial charge in [-0.25, -0.2) is 4.76 Å². The van der Waals surface area contributed by atoms with Crippen LogP contribution < -0.4 is 9.47 Å². The summed E-state index contributed by atoms with van der Waals surface area (Å²) in [6.45, 7) is 4.25. The van der Waals surface area contributed by atoms with Crippen molar-refractivity contribution in [1.82, 2.24) is 0 Å². The maximum atomic E-state index is 8.70. The molecule has 35 heavy (non-hydrogen) atoms. The van der Waals surface area contributed by atoms with E-state index in [2.05, 4.69) is 11.5 Å². The quantitative estimate of drug-likeness (QED) is 0.121. The van der Waals surface area contributed by atoms with Gasteiger partial charge in [0.25, 0.3) is 0 Å². The van der Waals surface area contributed by atoms with E-state index in [9.17, 15) is 0 Å². The molecule has 0 fully saturated rings. The molecule has 182 valence electrons. The van der Waals surface area contributed by atoms with Gasteiger partial charge in [0.15, 0.2) is 0 Å². The molecule has 0 N–H and O–H groups in total. The molecule has 8 heteroatoms. The highest BCUT2D eigenvalue weighted by molar-refractivity contribution is 7.45. The predicted molar refractivity (Wildman–Crippen MR) is 137 cm³/mol. The monoisotopic (exact) mass is 492 g/mol. The van der Waals surface area contributed by atoms with Crippen LogP contribution in [0.1, 0.15) is 23.1 Å². The molecule has 0 radical (unpaired) electrons. The summed E-state index contributed by atoms with van der Waals surface area (Å²) in [5.74, 6) is 1.51. The van der Waals surface area contributed by atoms with E-state index in [0.29, 0.717) is 0 Å². The lowest BCUT2D eigenvalue weighted by atomic mass is 9.80. The van der Waals surface area contributed by atoms with Crippen molar-refractivity contribution in [2.75, 3.05) is 34.0 Å². The number of nitriles is 1. The minimum Gasteiger partial charge on any atom is -0.497 e. The van der Waals surface area contributed by atoms with Crippen molar-refractivity contribution in [3.05, 3.63) is 95.6 Å². The normalized spacial score (nSPS) is 11.9. The van der Waals surface area contributed by atoms with Crippen molar-refractivity contribution in [3.8, 4) is 17.6 Å². The van der Waals surface area contributed by atoms with Crippen molar-refractivity contribution in [3.63, 3.8) is 0 Å². The van der Waals surface area contributed by atoms with E-state index in [-0.39, 0.29) is 26.2 Å². The van der Waals surface area contributed by atoms with Gasteiger partial charge in [0, 0.05) is 0 Å². The average Bonchev–Trinajstić information content (AvgIpc) is 2.93. The van der Waals surface area contributed by atoms with E-state index in [4.69, 9.17) is 28.5 Å². The Balaban J connectivity index is 1.95. The molecule has 3 aromatic rings. The molecule has 0 saturated carbocycles. The molecule has 0 aliphatic rings. The second-order valence-corrected chi connectivity index (χ2v) is 8.58. The lowest BCUT2D eigenvalue weighted by Crippen LogP contribution is -2.34. The number of ether oxygens (including phenoxy) is 3. The van der Waals surface area contributed by atoms with Crippen LogP contribution in [0.15, 0.2) is 83.6 Å². The number of rotatable bonds is 14. The molecule has 0 aromatic heterocycles. The number of nitrogens with zero attached hydrogens (tertiary/aromatic N) is 2. The van der Waals surface area contributed by atoms with Gasteiger partial charge >= 0.3 is 8.53 Å². The first-order valence-corrected chi connectivity index (χ1v) is 12.2. The third kappa shape index (κ3) is 6.66. The standard InChI is InChI=1S/C27H29N2O5P/c1-29-35(33-19-7-18-28)34-21-20-32-27(22-8-5-4-6-9-22,23-10-14-25(30-2)15-11-23)24-12-16-26(31-3)17-13-24/h4-6,8-17H,1,7,19-21H2,2-3H3. The SMILES string of the molecule is C=NP(OCCC#N)OCCOC(c1ccccc1)(c1ccc(OC)cc1)c1ccc(OC)cc1. The summed E-state index contributed by atoms with van der Waals surface area (Å²) >= 11 is 0. The molecule has 0 aliphatic heterocycles. The zero-order valence-electron chi connectivity index (χ0n) is 19.9. The molecule has 0 amide bonds. The van der Waals surface area contributed by atoms with Gasteiger partial charge in [0.1, 0.15) is 17.1 Å². The number of hydrogen-bond acceptors (Lipinski definition) is 7. The highest BCUT2D eigenvalue weighted by Crippen LogP contribution is 2.43. The van der Waals surface area contributed by atoms with Crippen LogP contribution >= 0.6 is 8.53 Å². The van der Waals surface area contributed by atoms with Gasteiger partial charge in [-0.1, -0.05) is 54.6 Å². The molecule has 1 unspecified atom stereocenters. The Hall–Kier alpha value is -3.27. The van der Waals surface area contributed by atoms with Crippen LogP contribution in [0.3, 0.4) is 0 Å². The summed E-state index contributed by atoms with van der Waals surface area (Å²) in [4.78, 5) is 0. The van der Waals surface area contributed by atoms with Crippen LogP contribution in [-0.4, -0.2) is 40.8 Å². The Morgan fingerprint density at radius 3 is 1.77 bits per heavy atom. The number of hydrogen-bond donors (Lipinski definition) is 0. The molecule has 0 aliphatic carbocycles. The van der Waals surface area contributed by atoms with E-state index in [1.165, 1.54) is 0 Å². The van der Waals surface area contributed by atoms with E-state index >= 15 is 0 Å². The Morgan fingerprint density at radius 2 is 1.29 bits per heavy atom. The highest BCUT2D eigenvalue weighted by atomic mass is 31.2. The molecule has 0 heterocycles. The lowest BCUT2D eigenvalue weighted by Gasteiger charge is -2.36. The molecule has 0 spiro atoms. The second kappa shape index (κ2) is 13.6. The number of benzene rings is 3. The van der Waals surface area contributed by atoms with Crippen molar-refractivity contribution >= 4 is 15.2 Å². The van der Waals surface area contributed by atoms with Crippen LogP contribution in [0.4, 0.5) is 0 Å². The summed E-state index contributed by atoms with van der Waals surface area (Å²) in [5.41, 5.74) is 1.91. The van der Waals surface area contributed by atoms with Gasteiger partial charge in [-0.3, -0.25) is 0 Å². The fourth-order valence-corrected chi connectivity index (χ4v) is 4.39. The molecular weight excluding hydrogens is 463 g/mol. The van der Waals surface area contributed by atoms with Crippen LogP contribution in [0, 0.1) is 11.3 Å². The Labute approximate surface area is 207 Å².